The van der Waals surface area contributed by atoms with E-state index < -0.39 is 0 Å². The zero-order chi connectivity index (χ0) is 16.7. The summed E-state index contributed by atoms with van der Waals surface area (Å²) in [5.74, 6) is 1.46. The van der Waals surface area contributed by atoms with E-state index in [0.717, 1.165) is 43.5 Å². The first kappa shape index (κ1) is 20.6. The van der Waals surface area contributed by atoms with Crippen LogP contribution in [-0.4, -0.2) is 25.2 Å². The average molecular weight is 357 g/mol. The Bertz CT molecular complexity index is 525. The molecule has 2 unspecified atom stereocenters. The highest BCUT2D eigenvalue weighted by molar-refractivity contribution is 5.93. The van der Waals surface area contributed by atoms with Gasteiger partial charge in [-0.15, -0.1) is 12.4 Å². The highest BCUT2D eigenvalue weighted by Crippen LogP contribution is 2.32. The van der Waals surface area contributed by atoms with Crippen LogP contribution in [0.25, 0.3) is 0 Å². The maximum atomic E-state index is 12.3. The zero-order valence-corrected chi connectivity index (χ0v) is 15.4. The molecule has 6 heteroatoms. The van der Waals surface area contributed by atoms with Crippen LogP contribution in [0.3, 0.4) is 0 Å². The van der Waals surface area contributed by atoms with Gasteiger partial charge in [-0.05, 0) is 44.2 Å². The summed E-state index contributed by atoms with van der Waals surface area (Å²) in [6, 6.07) is 5.71. The van der Waals surface area contributed by atoms with Crippen molar-refractivity contribution in [2.75, 3.05) is 18.5 Å². The predicted octanol–water partition coefficient (Wildman–Crippen LogP) is 3.75. The highest BCUT2D eigenvalue weighted by Gasteiger charge is 2.27. The first-order valence-corrected chi connectivity index (χ1v) is 8.60. The molecule has 0 spiro atoms. The van der Waals surface area contributed by atoms with Crippen LogP contribution >= 0.6 is 12.4 Å². The molecule has 3 N–H and O–H groups in total. The highest BCUT2D eigenvalue weighted by atomic mass is 35.5. The van der Waals surface area contributed by atoms with E-state index in [1.54, 1.807) is 0 Å². The summed E-state index contributed by atoms with van der Waals surface area (Å²) in [4.78, 5) is 12.3. The third kappa shape index (κ3) is 5.87. The predicted molar refractivity (Wildman–Crippen MR) is 99.2 cm³/mol. The second kappa shape index (κ2) is 10.4. The van der Waals surface area contributed by atoms with Crippen molar-refractivity contribution < 1.29 is 14.3 Å². The molecule has 1 aliphatic carbocycles. The van der Waals surface area contributed by atoms with Gasteiger partial charge >= 0.3 is 0 Å². The number of nitrogens with two attached hydrogens (primary N) is 1. The number of nitrogens with one attached hydrogen (secondary N) is 1. The molecule has 136 valence electrons. The SMILES string of the molecule is CCCOc1ccc(NC(=O)C2CCC(N)C2)cc1OCCC.Cl. The lowest BCUT2D eigenvalue weighted by atomic mass is 10.1. The lowest BCUT2D eigenvalue weighted by Crippen LogP contribution is -2.23. The van der Waals surface area contributed by atoms with Gasteiger partial charge in [0.25, 0.3) is 0 Å². The Hall–Kier alpha value is -1.46. The van der Waals surface area contributed by atoms with Gasteiger partial charge < -0.3 is 20.5 Å². The molecule has 0 bridgehead atoms. The molecule has 0 saturated heterocycles. The molecule has 0 radical (unpaired) electrons. The number of halogens is 1. The Morgan fingerprint density at radius 2 is 1.83 bits per heavy atom. The minimum atomic E-state index is 0. The third-order valence-electron chi connectivity index (χ3n) is 3.98. The van der Waals surface area contributed by atoms with Gasteiger partial charge in [-0.2, -0.15) is 0 Å². The van der Waals surface area contributed by atoms with Gasteiger partial charge in [-0.25, -0.2) is 0 Å². The van der Waals surface area contributed by atoms with Crippen molar-refractivity contribution in [3.05, 3.63) is 18.2 Å². The minimum Gasteiger partial charge on any atom is -0.490 e. The lowest BCUT2D eigenvalue weighted by molar-refractivity contribution is -0.119. The second-order valence-corrected chi connectivity index (χ2v) is 6.12. The van der Waals surface area contributed by atoms with Crippen LogP contribution < -0.4 is 20.5 Å². The first-order chi connectivity index (χ1) is 11.1. The average Bonchev–Trinajstić information content (AvgIpc) is 2.98. The van der Waals surface area contributed by atoms with Crippen LogP contribution in [0.2, 0.25) is 0 Å². The summed E-state index contributed by atoms with van der Waals surface area (Å²) >= 11 is 0. The van der Waals surface area contributed by atoms with Crippen LogP contribution in [0, 0.1) is 5.92 Å². The molecular weight excluding hydrogens is 328 g/mol. The fourth-order valence-corrected chi connectivity index (χ4v) is 2.74. The van der Waals surface area contributed by atoms with E-state index in [1.807, 2.05) is 18.2 Å². The fraction of sp³-hybridized carbons (Fsp3) is 0.611. The number of anilines is 1. The molecule has 1 saturated carbocycles. The largest absolute Gasteiger partial charge is 0.490 e. The van der Waals surface area contributed by atoms with E-state index in [-0.39, 0.29) is 30.3 Å². The van der Waals surface area contributed by atoms with E-state index in [1.165, 1.54) is 0 Å². The number of benzene rings is 1. The Morgan fingerprint density at radius 1 is 1.17 bits per heavy atom. The quantitative estimate of drug-likeness (QED) is 0.743. The number of ether oxygens (including phenoxy) is 2. The van der Waals surface area contributed by atoms with Crippen molar-refractivity contribution >= 4 is 24.0 Å². The number of carbonyl (C=O) groups excluding carboxylic acids is 1. The first-order valence-electron chi connectivity index (χ1n) is 8.60. The summed E-state index contributed by atoms with van der Waals surface area (Å²) < 4.78 is 11.5. The van der Waals surface area contributed by atoms with Gasteiger partial charge in [0, 0.05) is 23.7 Å². The van der Waals surface area contributed by atoms with Gasteiger partial charge in [-0.1, -0.05) is 13.8 Å². The molecule has 24 heavy (non-hydrogen) atoms. The number of amides is 1. The van der Waals surface area contributed by atoms with Crippen LogP contribution in [0.1, 0.15) is 46.0 Å². The van der Waals surface area contributed by atoms with Gasteiger partial charge in [-0.3, -0.25) is 4.79 Å². The molecule has 1 amide bonds. The van der Waals surface area contributed by atoms with Crippen molar-refractivity contribution in [2.45, 2.75) is 52.0 Å². The molecular formula is C18H29ClN2O3. The number of hydrogen-bond acceptors (Lipinski definition) is 4. The maximum Gasteiger partial charge on any atom is 0.227 e. The topological polar surface area (TPSA) is 73.6 Å². The third-order valence-corrected chi connectivity index (χ3v) is 3.98. The summed E-state index contributed by atoms with van der Waals surface area (Å²) in [5, 5.41) is 2.97. The van der Waals surface area contributed by atoms with Crippen molar-refractivity contribution in [3.63, 3.8) is 0 Å². The van der Waals surface area contributed by atoms with Crippen molar-refractivity contribution in [1.82, 2.24) is 0 Å². The standard InChI is InChI=1S/C18H28N2O3.ClH/c1-3-9-22-16-8-7-15(12-17(16)23-10-4-2)20-18(21)13-5-6-14(19)11-13;/h7-8,12-14H,3-6,9-11,19H2,1-2H3,(H,20,21);1H. The van der Waals surface area contributed by atoms with Crippen LogP contribution in [0.5, 0.6) is 11.5 Å². The molecule has 5 nitrogen and oxygen atoms in total. The molecule has 1 aromatic rings. The Morgan fingerprint density at radius 3 is 2.42 bits per heavy atom. The Balaban J connectivity index is 0.00000288. The maximum absolute atomic E-state index is 12.3. The van der Waals surface area contributed by atoms with Gasteiger partial charge in [0.05, 0.1) is 13.2 Å². The van der Waals surface area contributed by atoms with E-state index in [9.17, 15) is 4.79 Å². The monoisotopic (exact) mass is 356 g/mol. The summed E-state index contributed by atoms with van der Waals surface area (Å²) in [6.07, 6.45) is 4.41. The second-order valence-electron chi connectivity index (χ2n) is 6.12. The van der Waals surface area contributed by atoms with Gasteiger partial charge in [0.15, 0.2) is 11.5 Å². The fourth-order valence-electron chi connectivity index (χ4n) is 2.74. The van der Waals surface area contributed by atoms with Crippen LogP contribution in [-0.2, 0) is 4.79 Å². The van der Waals surface area contributed by atoms with Crippen molar-refractivity contribution in [2.24, 2.45) is 11.7 Å². The smallest absolute Gasteiger partial charge is 0.227 e. The summed E-state index contributed by atoms with van der Waals surface area (Å²) in [6.45, 7) is 5.39. The molecule has 2 atom stereocenters. The van der Waals surface area contributed by atoms with Crippen LogP contribution in [0.4, 0.5) is 5.69 Å². The number of hydrogen-bond donors (Lipinski definition) is 2. The van der Waals surface area contributed by atoms with Gasteiger partial charge in [0.1, 0.15) is 0 Å². The van der Waals surface area contributed by atoms with Gasteiger partial charge in [0.2, 0.25) is 5.91 Å². The summed E-state index contributed by atoms with van der Waals surface area (Å²) in [7, 11) is 0. The molecule has 1 fully saturated rings. The number of rotatable bonds is 8. The van der Waals surface area contributed by atoms with E-state index in [4.69, 9.17) is 15.2 Å². The van der Waals surface area contributed by atoms with Crippen molar-refractivity contribution in [1.29, 1.82) is 0 Å². The molecule has 1 aromatic carbocycles. The summed E-state index contributed by atoms with van der Waals surface area (Å²) in [5.41, 5.74) is 6.63. The van der Waals surface area contributed by atoms with Crippen molar-refractivity contribution in [3.8, 4) is 11.5 Å². The number of carbonyl (C=O) groups is 1. The van der Waals surface area contributed by atoms with Crippen LogP contribution in [0.15, 0.2) is 18.2 Å². The Kier molecular flexibility index (Phi) is 8.93. The molecule has 0 heterocycles. The Labute approximate surface area is 150 Å². The molecule has 0 aromatic heterocycles. The van der Waals surface area contributed by atoms with E-state index >= 15 is 0 Å². The molecule has 1 aliphatic rings. The molecule has 2 rings (SSSR count). The van der Waals surface area contributed by atoms with E-state index in [0.29, 0.717) is 19.0 Å². The lowest BCUT2D eigenvalue weighted by Gasteiger charge is -2.15. The van der Waals surface area contributed by atoms with E-state index in [2.05, 4.69) is 19.2 Å². The normalized spacial score (nSPS) is 19.5. The molecule has 0 aliphatic heterocycles. The zero-order valence-electron chi connectivity index (χ0n) is 14.5. The minimum absolute atomic E-state index is 0.